The number of hydrogen-bond acceptors (Lipinski definition) is 4. The van der Waals surface area contributed by atoms with Crippen LogP contribution in [-0.2, 0) is 6.54 Å². The van der Waals surface area contributed by atoms with Crippen LogP contribution in [0.25, 0.3) is 0 Å². The topological polar surface area (TPSA) is 81.1 Å². The highest BCUT2D eigenvalue weighted by molar-refractivity contribution is 7.18. The lowest BCUT2D eigenvalue weighted by Gasteiger charge is -2.09. The number of thiophene rings is 1. The highest BCUT2D eigenvalue weighted by atomic mass is 32.1. The summed E-state index contributed by atoms with van der Waals surface area (Å²) in [5, 5.41) is 4.43. The summed E-state index contributed by atoms with van der Waals surface area (Å²) >= 11 is 1.38. The molecule has 1 aromatic carbocycles. The minimum Gasteiger partial charge on any atom is -0.397 e. The second-order valence-corrected chi connectivity index (χ2v) is 6.53. The van der Waals surface area contributed by atoms with E-state index in [9.17, 15) is 4.79 Å². The Kier molecular flexibility index (Phi) is 3.59. The van der Waals surface area contributed by atoms with Crippen LogP contribution in [0.3, 0.4) is 0 Å². The van der Waals surface area contributed by atoms with E-state index in [1.807, 2.05) is 12.1 Å². The molecule has 1 amide bonds. The first-order valence-corrected chi connectivity index (χ1v) is 7.90. The Bertz CT molecular complexity index is 689. The van der Waals surface area contributed by atoms with Gasteiger partial charge in [0, 0.05) is 12.1 Å². The number of carbonyl (C=O) groups excluding carboxylic acids is 1. The van der Waals surface area contributed by atoms with Crippen LogP contribution in [0.15, 0.2) is 24.3 Å². The van der Waals surface area contributed by atoms with Gasteiger partial charge in [0.2, 0.25) is 0 Å². The van der Waals surface area contributed by atoms with Gasteiger partial charge >= 0.3 is 0 Å². The van der Waals surface area contributed by atoms with E-state index < -0.39 is 5.91 Å². The fourth-order valence-corrected chi connectivity index (χ4v) is 3.59. The van der Waals surface area contributed by atoms with Crippen LogP contribution in [-0.4, -0.2) is 5.91 Å². The number of amides is 1. The normalized spacial score (nSPS) is 14.1. The van der Waals surface area contributed by atoms with Crippen LogP contribution >= 0.6 is 11.3 Å². The fourth-order valence-electron chi connectivity index (χ4n) is 2.53. The third-order valence-electron chi connectivity index (χ3n) is 3.89. The van der Waals surface area contributed by atoms with E-state index in [1.54, 1.807) is 0 Å². The fraction of sp³-hybridized carbons (Fsp3) is 0.312. The Balaban J connectivity index is 1.86. The molecule has 110 valence electrons. The van der Waals surface area contributed by atoms with Gasteiger partial charge in [0.1, 0.15) is 4.88 Å². The van der Waals surface area contributed by atoms with E-state index in [-0.39, 0.29) is 0 Å². The number of primary amides is 1. The molecule has 0 unspecified atom stereocenters. The lowest BCUT2D eigenvalue weighted by atomic mass is 10.1. The van der Waals surface area contributed by atoms with Crippen LogP contribution in [0.5, 0.6) is 0 Å². The van der Waals surface area contributed by atoms with Crippen molar-refractivity contribution < 1.29 is 4.79 Å². The highest BCUT2D eigenvalue weighted by Gasteiger charge is 2.32. The smallest absolute Gasteiger partial charge is 0.260 e. The van der Waals surface area contributed by atoms with Crippen molar-refractivity contribution in [2.45, 2.75) is 32.2 Å². The Labute approximate surface area is 128 Å². The third-order valence-corrected chi connectivity index (χ3v) is 5.09. The molecule has 21 heavy (non-hydrogen) atoms. The number of hydrogen-bond donors (Lipinski definition) is 3. The summed E-state index contributed by atoms with van der Waals surface area (Å²) in [6, 6.07) is 8.26. The summed E-state index contributed by atoms with van der Waals surface area (Å²) in [6.45, 7) is 2.82. The molecule has 0 aliphatic heterocycles. The molecule has 3 rings (SSSR count). The summed E-state index contributed by atoms with van der Waals surface area (Å²) in [5.74, 6) is 0.0389. The predicted molar refractivity (Wildman–Crippen MR) is 87.7 cm³/mol. The summed E-state index contributed by atoms with van der Waals surface area (Å²) in [6.07, 6.45) is 2.27. The van der Waals surface area contributed by atoms with E-state index in [1.165, 1.54) is 22.5 Å². The van der Waals surface area contributed by atoms with Gasteiger partial charge in [-0.05, 0) is 36.8 Å². The first kappa shape index (κ1) is 13.9. The van der Waals surface area contributed by atoms with E-state index in [0.717, 1.165) is 30.0 Å². The molecule has 1 aliphatic rings. The van der Waals surface area contributed by atoms with Crippen molar-refractivity contribution in [1.82, 2.24) is 0 Å². The standard InChI is InChI=1S/C16H19N3OS/c1-9-4-2-3-5-11(9)8-19-16-12(10-6-7-10)13(17)14(21-16)15(18)20/h2-5,10,19H,6-8,17H2,1H3,(H2,18,20). The first-order chi connectivity index (χ1) is 10.1. The van der Waals surface area contributed by atoms with Gasteiger partial charge in [0.25, 0.3) is 5.91 Å². The molecule has 5 heteroatoms. The van der Waals surface area contributed by atoms with Crippen molar-refractivity contribution in [2.75, 3.05) is 11.1 Å². The number of anilines is 2. The predicted octanol–water partition coefficient (Wildman–Crippen LogP) is 3.23. The zero-order valence-electron chi connectivity index (χ0n) is 12.0. The van der Waals surface area contributed by atoms with Gasteiger partial charge in [-0.25, -0.2) is 0 Å². The number of nitrogens with two attached hydrogens (primary N) is 2. The Morgan fingerprint density at radius 1 is 1.38 bits per heavy atom. The maximum Gasteiger partial charge on any atom is 0.260 e. The molecular weight excluding hydrogens is 282 g/mol. The summed E-state index contributed by atoms with van der Waals surface area (Å²) < 4.78 is 0. The molecule has 1 heterocycles. The zero-order valence-corrected chi connectivity index (χ0v) is 12.8. The molecule has 0 spiro atoms. The van der Waals surface area contributed by atoms with Crippen LogP contribution in [0.2, 0.25) is 0 Å². The van der Waals surface area contributed by atoms with E-state index in [4.69, 9.17) is 11.5 Å². The van der Waals surface area contributed by atoms with Crippen molar-refractivity contribution in [3.63, 3.8) is 0 Å². The van der Waals surface area contributed by atoms with Crippen LogP contribution in [0, 0.1) is 6.92 Å². The number of rotatable bonds is 5. The van der Waals surface area contributed by atoms with E-state index >= 15 is 0 Å². The van der Waals surface area contributed by atoms with E-state index in [0.29, 0.717) is 16.5 Å². The minimum absolute atomic E-state index is 0.441. The molecule has 1 aliphatic carbocycles. The van der Waals surface area contributed by atoms with Crippen molar-refractivity contribution in [2.24, 2.45) is 5.73 Å². The Morgan fingerprint density at radius 2 is 2.10 bits per heavy atom. The molecule has 1 aromatic heterocycles. The van der Waals surface area contributed by atoms with Crippen LogP contribution in [0.1, 0.15) is 45.1 Å². The first-order valence-electron chi connectivity index (χ1n) is 7.08. The number of aryl methyl sites for hydroxylation is 1. The molecular formula is C16H19N3OS. The molecule has 2 aromatic rings. The molecule has 0 atom stereocenters. The molecule has 4 nitrogen and oxygen atoms in total. The van der Waals surface area contributed by atoms with Crippen molar-refractivity contribution >= 4 is 27.9 Å². The summed E-state index contributed by atoms with van der Waals surface area (Å²) in [5.41, 5.74) is 15.7. The summed E-state index contributed by atoms with van der Waals surface area (Å²) in [4.78, 5) is 12.0. The number of carbonyl (C=O) groups is 1. The molecule has 1 fully saturated rings. The van der Waals surface area contributed by atoms with Crippen molar-refractivity contribution in [1.29, 1.82) is 0 Å². The summed E-state index contributed by atoms with van der Waals surface area (Å²) in [7, 11) is 0. The Morgan fingerprint density at radius 3 is 2.71 bits per heavy atom. The lowest BCUT2D eigenvalue weighted by molar-refractivity contribution is 0.100. The molecule has 0 radical (unpaired) electrons. The molecule has 5 N–H and O–H groups in total. The maximum atomic E-state index is 11.5. The number of nitrogens with one attached hydrogen (secondary N) is 1. The average Bonchev–Trinajstić information content (AvgIpc) is 3.22. The minimum atomic E-state index is -0.441. The van der Waals surface area contributed by atoms with E-state index in [2.05, 4.69) is 24.4 Å². The Hall–Kier alpha value is -2.01. The molecule has 0 bridgehead atoms. The van der Waals surface area contributed by atoms with Gasteiger partial charge < -0.3 is 16.8 Å². The molecule has 0 saturated heterocycles. The lowest BCUT2D eigenvalue weighted by Crippen LogP contribution is -2.11. The van der Waals surface area contributed by atoms with Gasteiger partial charge in [-0.3, -0.25) is 4.79 Å². The quantitative estimate of drug-likeness (QED) is 0.793. The SMILES string of the molecule is Cc1ccccc1CNc1sc(C(N)=O)c(N)c1C1CC1. The van der Waals surface area contributed by atoms with Crippen LogP contribution < -0.4 is 16.8 Å². The van der Waals surface area contributed by atoms with Gasteiger partial charge in [-0.2, -0.15) is 0 Å². The van der Waals surface area contributed by atoms with Gasteiger partial charge in [-0.1, -0.05) is 24.3 Å². The second-order valence-electron chi connectivity index (χ2n) is 5.51. The highest BCUT2D eigenvalue weighted by Crippen LogP contribution is 2.50. The second kappa shape index (κ2) is 5.41. The van der Waals surface area contributed by atoms with Gasteiger partial charge in [0.15, 0.2) is 0 Å². The van der Waals surface area contributed by atoms with Gasteiger partial charge in [0.05, 0.1) is 10.7 Å². The number of nitrogen functional groups attached to an aromatic ring is 1. The third kappa shape index (κ3) is 2.74. The number of benzene rings is 1. The van der Waals surface area contributed by atoms with Gasteiger partial charge in [-0.15, -0.1) is 11.3 Å². The largest absolute Gasteiger partial charge is 0.397 e. The van der Waals surface area contributed by atoms with Crippen LogP contribution in [0.4, 0.5) is 10.7 Å². The maximum absolute atomic E-state index is 11.5. The monoisotopic (exact) mass is 301 g/mol. The van der Waals surface area contributed by atoms with Crippen molar-refractivity contribution in [3.05, 3.63) is 45.8 Å². The zero-order chi connectivity index (χ0) is 15.0. The molecule has 1 saturated carbocycles. The van der Waals surface area contributed by atoms with Crippen molar-refractivity contribution in [3.8, 4) is 0 Å². The average molecular weight is 301 g/mol.